The van der Waals surface area contributed by atoms with Crippen LogP contribution in [0.1, 0.15) is 11.3 Å². The SMILES string of the molecule is Cc1cn2nc(-c3cc(F)c4cc(N5C[C@@H]6[C@H](C5)[C@@H]6N(C)C)nnc4c3)cc(C)c2n1. The lowest BCUT2D eigenvalue weighted by molar-refractivity contribution is 0.356. The van der Waals surface area contributed by atoms with Gasteiger partial charge < -0.3 is 9.80 Å². The summed E-state index contributed by atoms with van der Waals surface area (Å²) in [6, 6.07) is 7.82. The van der Waals surface area contributed by atoms with Crippen LogP contribution in [0.2, 0.25) is 0 Å². The zero-order valence-electron chi connectivity index (χ0n) is 18.0. The standard InChI is InChI=1S/C23H24FN7/c1-12-5-19(28-31-9-13(2)25-23(12)31)14-6-18(24)15-8-21(27-26-20(15)7-14)30-10-16-17(11-30)22(16)29(3)4/h5-9,16-17,22H,10-11H2,1-4H3/t16-,17+,22-. The van der Waals surface area contributed by atoms with Crippen LogP contribution in [0.4, 0.5) is 10.2 Å². The minimum Gasteiger partial charge on any atom is -0.354 e. The smallest absolute Gasteiger partial charge is 0.156 e. The monoisotopic (exact) mass is 417 g/mol. The van der Waals surface area contributed by atoms with Gasteiger partial charge in [-0.2, -0.15) is 5.10 Å². The number of hydrogen-bond acceptors (Lipinski definition) is 6. The molecule has 6 rings (SSSR count). The summed E-state index contributed by atoms with van der Waals surface area (Å²) >= 11 is 0. The maximum absolute atomic E-state index is 15.1. The number of aromatic nitrogens is 5. The maximum atomic E-state index is 15.1. The molecule has 2 fully saturated rings. The number of anilines is 1. The molecule has 7 nitrogen and oxygen atoms in total. The van der Waals surface area contributed by atoms with Gasteiger partial charge in [0.1, 0.15) is 5.82 Å². The van der Waals surface area contributed by atoms with Gasteiger partial charge >= 0.3 is 0 Å². The van der Waals surface area contributed by atoms with E-state index in [1.807, 2.05) is 38.2 Å². The van der Waals surface area contributed by atoms with Gasteiger partial charge in [0.25, 0.3) is 0 Å². The van der Waals surface area contributed by atoms with Gasteiger partial charge in [0.05, 0.1) is 23.1 Å². The maximum Gasteiger partial charge on any atom is 0.156 e. The molecule has 1 aromatic carbocycles. The molecule has 4 heterocycles. The van der Waals surface area contributed by atoms with Crippen molar-refractivity contribution in [2.24, 2.45) is 11.8 Å². The summed E-state index contributed by atoms with van der Waals surface area (Å²) in [5.74, 6) is 1.81. The van der Waals surface area contributed by atoms with Gasteiger partial charge in [-0.15, -0.1) is 10.2 Å². The molecule has 0 spiro atoms. The van der Waals surface area contributed by atoms with Crippen LogP contribution in [0.25, 0.3) is 27.8 Å². The molecule has 0 N–H and O–H groups in total. The lowest BCUT2D eigenvalue weighted by Crippen LogP contribution is -2.31. The van der Waals surface area contributed by atoms with Gasteiger partial charge in [-0.05, 0) is 69.6 Å². The molecule has 0 amide bonds. The summed E-state index contributed by atoms with van der Waals surface area (Å²) in [4.78, 5) is 9.02. The van der Waals surface area contributed by atoms with Crippen molar-refractivity contribution >= 4 is 22.4 Å². The zero-order chi connectivity index (χ0) is 21.4. The molecular weight excluding hydrogens is 393 g/mol. The third kappa shape index (κ3) is 2.89. The Kier molecular flexibility index (Phi) is 3.87. The molecule has 3 aromatic heterocycles. The first-order chi connectivity index (χ1) is 14.9. The number of nitrogens with zero attached hydrogens (tertiary/aromatic N) is 7. The quantitative estimate of drug-likeness (QED) is 0.511. The Balaban J connectivity index is 1.34. The normalized spacial score (nSPS) is 22.6. The van der Waals surface area contributed by atoms with Crippen LogP contribution in [-0.2, 0) is 0 Å². The van der Waals surface area contributed by atoms with Gasteiger partial charge in [0, 0.05) is 30.1 Å². The fourth-order valence-electron chi connectivity index (χ4n) is 5.23. The number of fused-ring (bicyclic) bond motifs is 3. The Bertz CT molecular complexity index is 1330. The highest BCUT2D eigenvalue weighted by molar-refractivity contribution is 5.85. The van der Waals surface area contributed by atoms with Gasteiger partial charge in [-0.1, -0.05) is 0 Å². The molecule has 3 atom stereocenters. The summed E-state index contributed by atoms with van der Waals surface area (Å²) in [7, 11) is 4.27. The van der Waals surface area contributed by atoms with E-state index in [1.165, 1.54) is 6.07 Å². The Morgan fingerprint density at radius 2 is 1.81 bits per heavy atom. The number of aryl methyl sites for hydroxylation is 2. The predicted molar refractivity (Wildman–Crippen MR) is 118 cm³/mol. The minimum absolute atomic E-state index is 0.305. The van der Waals surface area contributed by atoms with E-state index in [-0.39, 0.29) is 5.82 Å². The highest BCUT2D eigenvalue weighted by atomic mass is 19.1. The van der Waals surface area contributed by atoms with E-state index in [1.54, 1.807) is 4.52 Å². The van der Waals surface area contributed by atoms with Gasteiger partial charge in [0.2, 0.25) is 0 Å². The van der Waals surface area contributed by atoms with Crippen molar-refractivity contribution in [2.45, 2.75) is 19.9 Å². The average Bonchev–Trinajstić information content (AvgIpc) is 3.05. The number of hydrogen-bond donors (Lipinski definition) is 0. The molecule has 0 bridgehead atoms. The second-order valence-corrected chi connectivity index (χ2v) is 9.14. The molecule has 1 aliphatic carbocycles. The Morgan fingerprint density at radius 1 is 1.03 bits per heavy atom. The molecule has 4 aromatic rings. The van der Waals surface area contributed by atoms with E-state index in [4.69, 9.17) is 0 Å². The number of imidazole rings is 1. The van der Waals surface area contributed by atoms with Gasteiger partial charge in [-0.3, -0.25) is 0 Å². The van der Waals surface area contributed by atoms with Crippen LogP contribution in [0.3, 0.4) is 0 Å². The van der Waals surface area contributed by atoms with Crippen molar-refractivity contribution in [3.05, 3.63) is 47.5 Å². The molecule has 31 heavy (non-hydrogen) atoms. The summed E-state index contributed by atoms with van der Waals surface area (Å²) in [6.45, 7) is 5.83. The van der Waals surface area contributed by atoms with E-state index in [0.29, 0.717) is 40.0 Å². The van der Waals surface area contributed by atoms with Gasteiger partial charge in [-0.25, -0.2) is 13.9 Å². The highest BCUT2D eigenvalue weighted by Gasteiger charge is 2.57. The van der Waals surface area contributed by atoms with E-state index in [2.05, 4.69) is 44.2 Å². The second kappa shape index (κ2) is 6.43. The second-order valence-electron chi connectivity index (χ2n) is 9.14. The number of rotatable bonds is 3. The first-order valence-corrected chi connectivity index (χ1v) is 10.6. The van der Waals surface area contributed by atoms with Crippen LogP contribution in [0, 0.1) is 31.5 Å². The number of piperidine rings is 1. The molecule has 8 heteroatoms. The van der Waals surface area contributed by atoms with Crippen LogP contribution in [-0.4, -0.2) is 62.9 Å². The highest BCUT2D eigenvalue weighted by Crippen LogP contribution is 2.48. The van der Waals surface area contributed by atoms with Crippen LogP contribution in [0.15, 0.2) is 30.5 Å². The third-order valence-corrected chi connectivity index (χ3v) is 6.74. The van der Waals surface area contributed by atoms with E-state index >= 15 is 4.39 Å². The predicted octanol–water partition coefficient (Wildman–Crippen LogP) is 3.09. The van der Waals surface area contributed by atoms with Crippen molar-refractivity contribution in [3.63, 3.8) is 0 Å². The topological polar surface area (TPSA) is 62.5 Å². The molecule has 2 aliphatic rings. The molecule has 0 radical (unpaired) electrons. The molecule has 1 saturated carbocycles. The fraction of sp³-hybridized carbons (Fsp3) is 0.391. The molecular formula is C23H24FN7. The molecule has 158 valence electrons. The van der Waals surface area contributed by atoms with Gasteiger partial charge in [0.15, 0.2) is 11.5 Å². The van der Waals surface area contributed by atoms with Crippen LogP contribution in [0.5, 0.6) is 0 Å². The summed E-state index contributed by atoms with van der Waals surface area (Å²) in [6.07, 6.45) is 1.87. The molecule has 1 aliphatic heterocycles. The molecule has 0 unspecified atom stereocenters. The Morgan fingerprint density at radius 3 is 2.55 bits per heavy atom. The fourth-order valence-corrected chi connectivity index (χ4v) is 5.23. The van der Waals surface area contributed by atoms with Crippen LogP contribution >= 0.6 is 0 Å². The van der Waals surface area contributed by atoms with Crippen molar-refractivity contribution in [1.29, 1.82) is 0 Å². The van der Waals surface area contributed by atoms with Crippen molar-refractivity contribution in [1.82, 2.24) is 29.7 Å². The average molecular weight is 417 g/mol. The Labute approximate surface area is 179 Å². The first kappa shape index (κ1) is 18.6. The van der Waals surface area contributed by atoms with Crippen molar-refractivity contribution in [3.8, 4) is 11.3 Å². The zero-order valence-corrected chi connectivity index (χ0v) is 18.0. The minimum atomic E-state index is -0.305. The van der Waals surface area contributed by atoms with Crippen molar-refractivity contribution in [2.75, 3.05) is 32.1 Å². The third-order valence-electron chi connectivity index (χ3n) is 6.74. The van der Waals surface area contributed by atoms with E-state index < -0.39 is 0 Å². The van der Waals surface area contributed by atoms with E-state index in [9.17, 15) is 0 Å². The van der Waals surface area contributed by atoms with Crippen molar-refractivity contribution < 1.29 is 4.39 Å². The lowest BCUT2D eigenvalue weighted by atomic mass is 10.1. The molecule has 1 saturated heterocycles. The van der Waals surface area contributed by atoms with Crippen LogP contribution < -0.4 is 4.90 Å². The lowest BCUT2D eigenvalue weighted by Gasteiger charge is -2.22. The number of halogens is 1. The summed E-state index contributed by atoms with van der Waals surface area (Å²) in [5, 5.41) is 13.9. The Hall–Kier alpha value is -3.13. The largest absolute Gasteiger partial charge is 0.354 e. The van der Waals surface area contributed by atoms with E-state index in [0.717, 1.165) is 35.8 Å². The summed E-state index contributed by atoms with van der Waals surface area (Å²) < 4.78 is 16.9. The number of benzene rings is 1. The first-order valence-electron chi connectivity index (χ1n) is 10.6. The summed E-state index contributed by atoms with van der Waals surface area (Å²) in [5.41, 5.74) is 4.60.